The molecule has 0 fully saturated rings. The lowest BCUT2D eigenvalue weighted by atomic mass is 9.98. The van der Waals surface area contributed by atoms with Crippen molar-refractivity contribution in [2.24, 2.45) is 0 Å². The lowest BCUT2D eigenvalue weighted by Crippen LogP contribution is -2.16. The van der Waals surface area contributed by atoms with E-state index in [1.807, 2.05) is 18.3 Å². The van der Waals surface area contributed by atoms with Crippen LogP contribution in [-0.4, -0.2) is 0 Å². The van der Waals surface area contributed by atoms with Crippen LogP contribution in [0.5, 0.6) is 0 Å². The van der Waals surface area contributed by atoms with E-state index in [-0.39, 0.29) is 0 Å². The topological polar surface area (TPSA) is 38.0 Å². The van der Waals surface area contributed by atoms with E-state index in [1.165, 1.54) is 11.1 Å². The van der Waals surface area contributed by atoms with Gasteiger partial charge in [-0.05, 0) is 42.5 Å². The zero-order valence-corrected chi connectivity index (χ0v) is 7.04. The van der Waals surface area contributed by atoms with Crippen molar-refractivity contribution in [2.45, 2.75) is 13.0 Å². The number of anilines is 1. The largest absolute Gasteiger partial charge is 0.399 e. The van der Waals surface area contributed by atoms with Crippen LogP contribution in [-0.2, 0) is 0 Å². The SMILES string of the molecule is CC1NC=Cc2ccc(N)cc21. The average molecular weight is 160 g/mol. The van der Waals surface area contributed by atoms with Crippen LogP contribution in [0.1, 0.15) is 24.1 Å². The Morgan fingerprint density at radius 2 is 2.25 bits per heavy atom. The molecule has 1 aromatic carbocycles. The van der Waals surface area contributed by atoms with Gasteiger partial charge in [0.2, 0.25) is 0 Å². The third kappa shape index (κ3) is 1.05. The van der Waals surface area contributed by atoms with Gasteiger partial charge in [-0.25, -0.2) is 0 Å². The minimum absolute atomic E-state index is 0.369. The molecule has 0 saturated heterocycles. The van der Waals surface area contributed by atoms with E-state index in [2.05, 4.69) is 24.4 Å². The number of rotatable bonds is 0. The summed E-state index contributed by atoms with van der Waals surface area (Å²) in [7, 11) is 0. The summed E-state index contributed by atoms with van der Waals surface area (Å²) in [5.74, 6) is 0. The van der Waals surface area contributed by atoms with Crippen LogP contribution >= 0.6 is 0 Å². The van der Waals surface area contributed by atoms with Gasteiger partial charge in [0, 0.05) is 11.7 Å². The second-order valence-corrected chi connectivity index (χ2v) is 3.11. The molecular weight excluding hydrogens is 148 g/mol. The van der Waals surface area contributed by atoms with Crippen LogP contribution in [0.3, 0.4) is 0 Å². The van der Waals surface area contributed by atoms with Crippen molar-refractivity contribution in [3.05, 3.63) is 35.5 Å². The summed E-state index contributed by atoms with van der Waals surface area (Å²) in [6.07, 6.45) is 4.04. The van der Waals surface area contributed by atoms with Gasteiger partial charge in [0.1, 0.15) is 0 Å². The Kier molecular flexibility index (Phi) is 1.54. The highest BCUT2D eigenvalue weighted by molar-refractivity contribution is 5.60. The standard InChI is InChI=1S/C10H12N2/c1-7-10-6-9(11)3-2-8(10)4-5-12-7/h2-7,12H,11H2,1H3. The normalized spacial score (nSPS) is 19.9. The molecule has 0 amide bonds. The van der Waals surface area contributed by atoms with E-state index in [1.54, 1.807) is 0 Å². The minimum atomic E-state index is 0.369. The van der Waals surface area contributed by atoms with Crippen molar-refractivity contribution in [2.75, 3.05) is 5.73 Å². The molecule has 1 unspecified atom stereocenters. The van der Waals surface area contributed by atoms with Gasteiger partial charge >= 0.3 is 0 Å². The molecule has 0 aliphatic carbocycles. The molecular formula is C10H12N2. The molecule has 2 nitrogen and oxygen atoms in total. The summed E-state index contributed by atoms with van der Waals surface area (Å²) < 4.78 is 0. The van der Waals surface area contributed by atoms with Crippen molar-refractivity contribution in [3.63, 3.8) is 0 Å². The van der Waals surface area contributed by atoms with E-state index >= 15 is 0 Å². The molecule has 1 aromatic rings. The minimum Gasteiger partial charge on any atom is -0.399 e. The van der Waals surface area contributed by atoms with Gasteiger partial charge in [-0.2, -0.15) is 0 Å². The molecule has 0 radical (unpaired) electrons. The van der Waals surface area contributed by atoms with E-state index in [0.717, 1.165) is 5.69 Å². The molecule has 1 aliphatic heterocycles. The summed E-state index contributed by atoms with van der Waals surface area (Å²) in [5, 5.41) is 3.23. The molecule has 0 aromatic heterocycles. The zero-order valence-electron chi connectivity index (χ0n) is 7.04. The molecule has 2 rings (SSSR count). The number of fused-ring (bicyclic) bond motifs is 1. The fourth-order valence-corrected chi connectivity index (χ4v) is 1.49. The van der Waals surface area contributed by atoms with Crippen LogP contribution in [0.25, 0.3) is 6.08 Å². The van der Waals surface area contributed by atoms with Gasteiger partial charge < -0.3 is 11.1 Å². The predicted octanol–water partition coefficient (Wildman–Crippen LogP) is 1.90. The van der Waals surface area contributed by atoms with Gasteiger partial charge in [-0.15, -0.1) is 0 Å². The first-order valence-electron chi connectivity index (χ1n) is 4.09. The molecule has 0 bridgehead atoms. The Labute approximate surface area is 72.1 Å². The summed E-state index contributed by atoms with van der Waals surface area (Å²) in [6.45, 7) is 2.13. The third-order valence-corrected chi connectivity index (χ3v) is 2.19. The van der Waals surface area contributed by atoms with Gasteiger partial charge in [0.15, 0.2) is 0 Å². The Bertz CT molecular complexity index is 329. The fourth-order valence-electron chi connectivity index (χ4n) is 1.49. The van der Waals surface area contributed by atoms with Crippen LogP contribution in [0.15, 0.2) is 24.4 Å². The smallest absolute Gasteiger partial charge is 0.0486 e. The van der Waals surface area contributed by atoms with Crippen molar-refractivity contribution in [1.82, 2.24) is 5.32 Å². The molecule has 0 saturated carbocycles. The highest BCUT2D eigenvalue weighted by Crippen LogP contribution is 2.24. The molecule has 2 heteroatoms. The Morgan fingerprint density at radius 1 is 1.42 bits per heavy atom. The van der Waals surface area contributed by atoms with Crippen LogP contribution in [0.4, 0.5) is 5.69 Å². The lowest BCUT2D eigenvalue weighted by molar-refractivity contribution is 0.679. The molecule has 0 spiro atoms. The van der Waals surface area contributed by atoms with Gasteiger partial charge in [0.25, 0.3) is 0 Å². The van der Waals surface area contributed by atoms with Crippen molar-refractivity contribution in [1.29, 1.82) is 0 Å². The maximum absolute atomic E-state index is 5.69. The number of nitrogens with one attached hydrogen (secondary N) is 1. The number of hydrogen-bond acceptors (Lipinski definition) is 2. The Balaban J connectivity index is 2.56. The monoisotopic (exact) mass is 160 g/mol. The van der Waals surface area contributed by atoms with Crippen molar-refractivity contribution >= 4 is 11.8 Å². The highest BCUT2D eigenvalue weighted by Gasteiger charge is 2.10. The molecule has 1 aliphatic rings. The maximum atomic E-state index is 5.69. The summed E-state index contributed by atoms with van der Waals surface area (Å²) in [5.41, 5.74) is 9.06. The van der Waals surface area contributed by atoms with Gasteiger partial charge in [-0.1, -0.05) is 6.07 Å². The van der Waals surface area contributed by atoms with Gasteiger partial charge in [0.05, 0.1) is 0 Å². The van der Waals surface area contributed by atoms with E-state index in [9.17, 15) is 0 Å². The molecule has 62 valence electrons. The molecule has 3 N–H and O–H groups in total. The molecule has 1 atom stereocenters. The van der Waals surface area contributed by atoms with E-state index in [0.29, 0.717) is 6.04 Å². The summed E-state index contributed by atoms with van der Waals surface area (Å²) in [4.78, 5) is 0. The summed E-state index contributed by atoms with van der Waals surface area (Å²) >= 11 is 0. The fraction of sp³-hybridized carbons (Fsp3) is 0.200. The quantitative estimate of drug-likeness (QED) is 0.569. The second-order valence-electron chi connectivity index (χ2n) is 3.11. The highest BCUT2D eigenvalue weighted by atomic mass is 14.9. The first-order valence-corrected chi connectivity index (χ1v) is 4.09. The average Bonchev–Trinajstić information content (AvgIpc) is 2.07. The van der Waals surface area contributed by atoms with Crippen LogP contribution in [0.2, 0.25) is 0 Å². The van der Waals surface area contributed by atoms with Crippen molar-refractivity contribution < 1.29 is 0 Å². The van der Waals surface area contributed by atoms with Crippen LogP contribution < -0.4 is 11.1 Å². The van der Waals surface area contributed by atoms with Gasteiger partial charge in [-0.3, -0.25) is 0 Å². The Hall–Kier alpha value is -1.44. The maximum Gasteiger partial charge on any atom is 0.0486 e. The second kappa shape index (κ2) is 2.55. The number of hydrogen-bond donors (Lipinski definition) is 2. The van der Waals surface area contributed by atoms with Crippen molar-refractivity contribution in [3.8, 4) is 0 Å². The molecule has 1 heterocycles. The number of nitrogens with two attached hydrogens (primary N) is 1. The number of benzene rings is 1. The van der Waals surface area contributed by atoms with Crippen LogP contribution in [0, 0.1) is 0 Å². The molecule has 12 heavy (non-hydrogen) atoms. The first kappa shape index (κ1) is 7.22. The third-order valence-electron chi connectivity index (χ3n) is 2.19. The predicted molar refractivity (Wildman–Crippen MR) is 51.4 cm³/mol. The van der Waals surface area contributed by atoms with E-state index < -0.39 is 0 Å². The summed E-state index contributed by atoms with van der Waals surface area (Å²) in [6, 6.07) is 6.38. The number of nitrogen functional groups attached to an aromatic ring is 1. The zero-order chi connectivity index (χ0) is 8.55. The lowest BCUT2D eigenvalue weighted by Gasteiger charge is -2.19. The Morgan fingerprint density at radius 3 is 3.08 bits per heavy atom. The van der Waals surface area contributed by atoms with E-state index in [4.69, 9.17) is 5.73 Å². The first-order chi connectivity index (χ1) is 5.77.